The summed E-state index contributed by atoms with van der Waals surface area (Å²) in [5.41, 5.74) is 1.30. The lowest BCUT2D eigenvalue weighted by molar-refractivity contribution is 0.245. The molecule has 1 heterocycles. The summed E-state index contributed by atoms with van der Waals surface area (Å²) in [6.45, 7) is 4.01. The van der Waals surface area contributed by atoms with Gasteiger partial charge in [-0.2, -0.15) is 0 Å². The number of hydrogen-bond acceptors (Lipinski definition) is 1. The van der Waals surface area contributed by atoms with Gasteiger partial charge < -0.3 is 5.32 Å². The van der Waals surface area contributed by atoms with Crippen molar-refractivity contribution in [2.45, 2.75) is 44.6 Å². The van der Waals surface area contributed by atoms with Crippen LogP contribution in [-0.4, -0.2) is 6.04 Å². The Labute approximate surface area is 68.9 Å². The van der Waals surface area contributed by atoms with Gasteiger partial charge in [-0.05, 0) is 12.8 Å². The average molecular weight is 151 g/mol. The Morgan fingerprint density at radius 1 is 1.09 bits per heavy atom. The normalized spacial score (nSPS) is 37.6. The molecule has 0 aromatic heterocycles. The maximum absolute atomic E-state index is 4.01. The van der Waals surface area contributed by atoms with Gasteiger partial charge in [0, 0.05) is 17.7 Å². The van der Waals surface area contributed by atoms with Gasteiger partial charge >= 0.3 is 0 Å². The van der Waals surface area contributed by atoms with E-state index in [1.165, 1.54) is 44.2 Å². The molecule has 0 amide bonds. The zero-order chi connectivity index (χ0) is 7.68. The predicted molar refractivity (Wildman–Crippen MR) is 47.3 cm³/mol. The Hall–Kier alpha value is -0.460. The van der Waals surface area contributed by atoms with E-state index in [4.69, 9.17) is 0 Å². The van der Waals surface area contributed by atoms with Crippen LogP contribution in [0.1, 0.15) is 38.5 Å². The Bertz CT molecular complexity index is 162. The molecule has 11 heavy (non-hydrogen) atoms. The first-order chi connectivity index (χ1) is 5.38. The molecule has 2 atom stereocenters. The van der Waals surface area contributed by atoms with Crippen LogP contribution < -0.4 is 5.32 Å². The van der Waals surface area contributed by atoms with Gasteiger partial charge in [-0.1, -0.05) is 32.3 Å². The van der Waals surface area contributed by atoms with Gasteiger partial charge in [0.1, 0.15) is 0 Å². The van der Waals surface area contributed by atoms with Gasteiger partial charge in [0.05, 0.1) is 0 Å². The summed E-state index contributed by atoms with van der Waals surface area (Å²) >= 11 is 0. The van der Waals surface area contributed by atoms with E-state index < -0.39 is 0 Å². The fourth-order valence-electron chi connectivity index (χ4n) is 2.32. The molecular formula is C10H17N. The molecule has 0 radical (unpaired) electrons. The average Bonchev–Trinajstić information content (AvgIpc) is 1.96. The number of nitrogens with one attached hydrogen (secondary N) is 1. The standard InChI is InChI=1S/C10H17N/c1-8-9-6-4-2-3-5-7-10(9)11-8/h9-11H,1-7H2/t9-,10-/m0/s1. The Balaban J connectivity index is 1.92. The Kier molecular flexibility index (Phi) is 1.89. The minimum atomic E-state index is 0.794. The van der Waals surface area contributed by atoms with Crippen molar-refractivity contribution in [2.24, 2.45) is 5.92 Å². The van der Waals surface area contributed by atoms with Crippen LogP contribution in [0.15, 0.2) is 12.3 Å². The van der Waals surface area contributed by atoms with E-state index in [1.807, 2.05) is 0 Å². The first-order valence-corrected chi connectivity index (χ1v) is 4.83. The second kappa shape index (κ2) is 2.88. The third kappa shape index (κ3) is 1.29. The number of hydrogen-bond donors (Lipinski definition) is 1. The van der Waals surface area contributed by atoms with Crippen LogP contribution in [0.2, 0.25) is 0 Å². The summed E-state index contributed by atoms with van der Waals surface area (Å²) in [5.74, 6) is 0.829. The molecule has 1 nitrogen and oxygen atoms in total. The maximum atomic E-state index is 4.01. The van der Waals surface area contributed by atoms with Gasteiger partial charge in [-0.15, -0.1) is 0 Å². The summed E-state index contributed by atoms with van der Waals surface area (Å²) < 4.78 is 0. The third-order valence-electron chi connectivity index (χ3n) is 3.08. The van der Waals surface area contributed by atoms with Crippen molar-refractivity contribution in [3.05, 3.63) is 12.3 Å². The highest BCUT2D eigenvalue weighted by atomic mass is 15.0. The van der Waals surface area contributed by atoms with Crippen molar-refractivity contribution >= 4 is 0 Å². The number of rotatable bonds is 0. The largest absolute Gasteiger partial charge is 0.385 e. The van der Waals surface area contributed by atoms with E-state index in [1.54, 1.807) is 0 Å². The Morgan fingerprint density at radius 3 is 2.55 bits per heavy atom. The maximum Gasteiger partial charge on any atom is 0.0340 e. The smallest absolute Gasteiger partial charge is 0.0340 e. The van der Waals surface area contributed by atoms with Crippen molar-refractivity contribution in [1.82, 2.24) is 5.32 Å². The van der Waals surface area contributed by atoms with Crippen LogP contribution >= 0.6 is 0 Å². The van der Waals surface area contributed by atoms with Crippen LogP contribution in [0.4, 0.5) is 0 Å². The molecule has 0 unspecified atom stereocenters. The second-order valence-electron chi connectivity index (χ2n) is 3.87. The van der Waals surface area contributed by atoms with Crippen molar-refractivity contribution in [2.75, 3.05) is 0 Å². The van der Waals surface area contributed by atoms with Crippen molar-refractivity contribution in [3.8, 4) is 0 Å². The third-order valence-corrected chi connectivity index (χ3v) is 3.08. The van der Waals surface area contributed by atoms with E-state index in [9.17, 15) is 0 Å². The van der Waals surface area contributed by atoms with E-state index >= 15 is 0 Å². The van der Waals surface area contributed by atoms with Gasteiger partial charge in [-0.25, -0.2) is 0 Å². The van der Waals surface area contributed by atoms with Crippen LogP contribution in [0.3, 0.4) is 0 Å². The molecule has 0 aromatic rings. The fourth-order valence-corrected chi connectivity index (χ4v) is 2.32. The zero-order valence-corrected chi connectivity index (χ0v) is 7.10. The van der Waals surface area contributed by atoms with Crippen LogP contribution in [0.25, 0.3) is 0 Å². The monoisotopic (exact) mass is 151 g/mol. The summed E-state index contributed by atoms with van der Waals surface area (Å²) in [4.78, 5) is 0. The first kappa shape index (κ1) is 7.20. The summed E-state index contributed by atoms with van der Waals surface area (Å²) in [6, 6.07) is 0.794. The van der Waals surface area contributed by atoms with Crippen molar-refractivity contribution in [1.29, 1.82) is 0 Å². The van der Waals surface area contributed by atoms with Crippen LogP contribution in [0, 0.1) is 5.92 Å². The van der Waals surface area contributed by atoms with Gasteiger partial charge in [-0.3, -0.25) is 0 Å². The summed E-state index contributed by atoms with van der Waals surface area (Å²) in [5, 5.41) is 3.42. The van der Waals surface area contributed by atoms with Gasteiger partial charge in [0.25, 0.3) is 0 Å². The predicted octanol–water partition coefficient (Wildman–Crippen LogP) is 2.44. The van der Waals surface area contributed by atoms with E-state index in [0.29, 0.717) is 0 Å². The molecule has 2 rings (SSSR count). The SMILES string of the molecule is C=C1N[C@H]2CCCCCC[C@@H]12. The molecule has 62 valence electrons. The fraction of sp³-hybridized carbons (Fsp3) is 0.800. The summed E-state index contributed by atoms with van der Waals surface area (Å²) in [7, 11) is 0. The topological polar surface area (TPSA) is 12.0 Å². The number of fused-ring (bicyclic) bond motifs is 1. The molecule has 0 bridgehead atoms. The van der Waals surface area contributed by atoms with Crippen LogP contribution in [0.5, 0.6) is 0 Å². The molecule has 1 aliphatic carbocycles. The minimum absolute atomic E-state index is 0.794. The molecule has 1 saturated carbocycles. The molecular weight excluding hydrogens is 134 g/mol. The summed E-state index contributed by atoms with van der Waals surface area (Å²) in [6.07, 6.45) is 8.48. The molecule has 1 saturated heterocycles. The highest BCUT2D eigenvalue weighted by Crippen LogP contribution is 2.33. The first-order valence-electron chi connectivity index (χ1n) is 4.83. The van der Waals surface area contributed by atoms with Gasteiger partial charge in [0.2, 0.25) is 0 Å². The van der Waals surface area contributed by atoms with Crippen LogP contribution in [-0.2, 0) is 0 Å². The minimum Gasteiger partial charge on any atom is -0.385 e. The van der Waals surface area contributed by atoms with E-state index in [-0.39, 0.29) is 0 Å². The van der Waals surface area contributed by atoms with Crippen molar-refractivity contribution < 1.29 is 0 Å². The molecule has 2 fully saturated rings. The zero-order valence-electron chi connectivity index (χ0n) is 7.10. The molecule has 1 aliphatic heterocycles. The Morgan fingerprint density at radius 2 is 1.82 bits per heavy atom. The molecule has 1 N–H and O–H groups in total. The highest BCUT2D eigenvalue weighted by molar-refractivity contribution is 5.14. The molecule has 0 aromatic carbocycles. The lowest BCUT2D eigenvalue weighted by Crippen LogP contribution is -2.50. The molecule has 0 spiro atoms. The van der Waals surface area contributed by atoms with Gasteiger partial charge in [0.15, 0.2) is 0 Å². The highest BCUT2D eigenvalue weighted by Gasteiger charge is 2.33. The quantitative estimate of drug-likeness (QED) is 0.560. The van der Waals surface area contributed by atoms with E-state index in [2.05, 4.69) is 11.9 Å². The van der Waals surface area contributed by atoms with Crippen molar-refractivity contribution in [3.63, 3.8) is 0 Å². The molecule has 1 heteroatoms. The second-order valence-corrected chi connectivity index (χ2v) is 3.87. The van der Waals surface area contributed by atoms with E-state index in [0.717, 1.165) is 12.0 Å². The molecule has 2 aliphatic rings. The lowest BCUT2D eigenvalue weighted by atomic mass is 9.79. The lowest BCUT2D eigenvalue weighted by Gasteiger charge is -2.42.